The maximum Gasteiger partial charge on any atom is 0.409 e. The molecule has 3 aliphatic heterocycles. The van der Waals surface area contributed by atoms with Gasteiger partial charge in [-0.3, -0.25) is 14.9 Å². The highest BCUT2D eigenvalue weighted by molar-refractivity contribution is 7.80. The summed E-state index contributed by atoms with van der Waals surface area (Å²) in [6, 6.07) is 2.61. The van der Waals surface area contributed by atoms with Gasteiger partial charge >= 0.3 is 12.1 Å². The van der Waals surface area contributed by atoms with Crippen molar-refractivity contribution in [3.05, 3.63) is 46.5 Å². The Morgan fingerprint density at radius 2 is 1.94 bits per heavy atom. The smallest absolute Gasteiger partial charge is 0.409 e. The van der Waals surface area contributed by atoms with Gasteiger partial charge in [-0.15, -0.1) is 0 Å². The fraction of sp³-hybridized carbons (Fsp3) is 0.622. The number of alkyl carbamates (subject to hydrolysis) is 1. The lowest BCUT2D eigenvalue weighted by atomic mass is 9.83. The lowest BCUT2D eigenvalue weighted by Crippen LogP contribution is -2.63. The summed E-state index contributed by atoms with van der Waals surface area (Å²) in [5.74, 6) is -1.56. The van der Waals surface area contributed by atoms with Gasteiger partial charge in [0.15, 0.2) is 5.72 Å². The summed E-state index contributed by atoms with van der Waals surface area (Å²) in [7, 11) is 6.02. The number of epoxide rings is 1. The molecule has 1 aromatic rings. The van der Waals surface area contributed by atoms with Gasteiger partial charge in [0.25, 0.3) is 0 Å². The molecular formula is C37H52ClN3O10S. The number of fused-ring (bicyclic) bond motifs is 5. The van der Waals surface area contributed by atoms with Gasteiger partial charge in [0.1, 0.15) is 40.7 Å². The highest BCUT2D eigenvalue weighted by Gasteiger charge is 2.64. The number of esters is 1. The molecule has 4 bridgehead atoms. The molecular weight excluding hydrogens is 714 g/mol. The first-order valence-corrected chi connectivity index (χ1v) is 18.3. The van der Waals surface area contributed by atoms with E-state index in [1.807, 2.05) is 19.9 Å². The number of nitrogens with zero attached hydrogens (tertiary/aromatic N) is 2. The van der Waals surface area contributed by atoms with E-state index in [9.17, 15) is 24.3 Å². The molecule has 2 N–H and O–H groups in total. The van der Waals surface area contributed by atoms with Gasteiger partial charge in [-0.1, -0.05) is 49.2 Å². The van der Waals surface area contributed by atoms with Crippen LogP contribution >= 0.6 is 24.2 Å². The van der Waals surface area contributed by atoms with Gasteiger partial charge in [-0.2, -0.15) is 12.6 Å². The monoisotopic (exact) mass is 765 g/mol. The third-order valence-corrected chi connectivity index (χ3v) is 10.9. The Hall–Kier alpha value is -3.30. The van der Waals surface area contributed by atoms with E-state index in [4.69, 9.17) is 35.3 Å². The van der Waals surface area contributed by atoms with Crippen molar-refractivity contribution in [2.75, 3.05) is 33.2 Å². The van der Waals surface area contributed by atoms with Crippen molar-refractivity contribution in [1.29, 1.82) is 0 Å². The number of thiol groups is 1. The van der Waals surface area contributed by atoms with E-state index in [0.29, 0.717) is 24.3 Å². The first-order valence-electron chi connectivity index (χ1n) is 17.4. The highest BCUT2D eigenvalue weighted by Crippen LogP contribution is 2.49. The molecule has 0 aliphatic carbocycles. The number of likely N-dealkylation sites (N-methyl/N-ethyl adjacent to an activating group) is 1. The predicted molar refractivity (Wildman–Crippen MR) is 199 cm³/mol. The molecule has 2 saturated heterocycles. The summed E-state index contributed by atoms with van der Waals surface area (Å²) >= 11 is 11.1. The van der Waals surface area contributed by atoms with Crippen LogP contribution < -0.4 is 15.0 Å². The molecule has 288 valence electrons. The van der Waals surface area contributed by atoms with Gasteiger partial charge in [-0.25, -0.2) is 9.59 Å². The molecule has 0 spiro atoms. The van der Waals surface area contributed by atoms with Crippen molar-refractivity contribution >= 4 is 53.8 Å². The Morgan fingerprint density at radius 1 is 1.25 bits per heavy atom. The van der Waals surface area contributed by atoms with E-state index in [2.05, 4.69) is 17.9 Å². The average molecular weight is 766 g/mol. The molecule has 0 saturated carbocycles. The molecule has 3 heterocycles. The summed E-state index contributed by atoms with van der Waals surface area (Å²) in [6.45, 7) is 8.88. The summed E-state index contributed by atoms with van der Waals surface area (Å²) in [6.07, 6.45) is 1.69. The van der Waals surface area contributed by atoms with Gasteiger partial charge in [0, 0.05) is 40.0 Å². The number of allylic oxidation sites excluding steroid dienone is 3. The minimum Gasteiger partial charge on any atom is -0.495 e. The van der Waals surface area contributed by atoms with Crippen LogP contribution in [0.5, 0.6) is 5.75 Å². The van der Waals surface area contributed by atoms with Crippen LogP contribution in [0.4, 0.5) is 10.5 Å². The van der Waals surface area contributed by atoms with Crippen molar-refractivity contribution in [2.45, 2.75) is 114 Å². The van der Waals surface area contributed by atoms with Gasteiger partial charge < -0.3 is 38.6 Å². The normalized spacial score (nSPS) is 32.2. The van der Waals surface area contributed by atoms with E-state index in [1.165, 1.54) is 31.1 Å². The average Bonchev–Trinajstić information content (AvgIpc) is 3.79. The van der Waals surface area contributed by atoms with Crippen molar-refractivity contribution in [1.82, 2.24) is 10.2 Å². The molecule has 0 radical (unpaired) electrons. The summed E-state index contributed by atoms with van der Waals surface area (Å²) in [4.78, 5) is 56.2. The van der Waals surface area contributed by atoms with E-state index in [0.717, 1.165) is 11.1 Å². The summed E-state index contributed by atoms with van der Waals surface area (Å²) in [5, 5.41) is 14.5. The molecule has 0 aromatic heterocycles. The van der Waals surface area contributed by atoms with Crippen LogP contribution in [0, 0.1) is 5.92 Å². The Kier molecular flexibility index (Phi) is 13.4. The summed E-state index contributed by atoms with van der Waals surface area (Å²) in [5.41, 5.74) is -0.906. The van der Waals surface area contributed by atoms with Crippen LogP contribution in [0.15, 0.2) is 35.9 Å². The van der Waals surface area contributed by atoms with Gasteiger partial charge in [0.2, 0.25) is 11.8 Å². The van der Waals surface area contributed by atoms with Gasteiger partial charge in [-0.05, 0) is 56.6 Å². The SMILES string of the molecule is COc1cc2cc(c1Cl)N(C)C(=O)C[C@H](OC(=O)[C@H](C)N(C)C(=O)CCC(C)S)[C@@]1(C)O[C@H]1[C@H](C)[C@@H]1C[C@@](O)(NC(=O)O1)[C@H](OC)/C=C/C=C(\C)C2. The zero-order chi connectivity index (χ0) is 38.7. The van der Waals surface area contributed by atoms with Crippen LogP contribution in [0.1, 0.15) is 65.9 Å². The van der Waals surface area contributed by atoms with Crippen LogP contribution in [0.25, 0.3) is 0 Å². The van der Waals surface area contributed by atoms with Crippen molar-refractivity contribution in [3.63, 3.8) is 0 Å². The first-order chi connectivity index (χ1) is 24.3. The van der Waals surface area contributed by atoms with Crippen molar-refractivity contribution < 1.29 is 48.0 Å². The number of nitrogens with one attached hydrogen (secondary N) is 1. The number of rotatable bonds is 8. The third kappa shape index (κ3) is 9.25. The lowest BCUT2D eigenvalue weighted by molar-refractivity contribution is -0.162. The molecule has 1 unspecified atom stereocenters. The number of anilines is 1. The quantitative estimate of drug-likeness (QED) is 0.194. The zero-order valence-electron chi connectivity index (χ0n) is 31.3. The van der Waals surface area contributed by atoms with Crippen LogP contribution in [-0.2, 0) is 39.8 Å². The van der Waals surface area contributed by atoms with E-state index in [1.54, 1.807) is 52.1 Å². The number of amides is 3. The van der Waals surface area contributed by atoms with Crippen LogP contribution in [-0.4, -0.2) is 109 Å². The molecule has 52 heavy (non-hydrogen) atoms. The Labute approximate surface area is 316 Å². The second-order valence-electron chi connectivity index (χ2n) is 14.3. The molecule has 15 heteroatoms. The number of benzene rings is 1. The third-order valence-electron chi connectivity index (χ3n) is 10.3. The Bertz CT molecular complexity index is 1590. The fourth-order valence-corrected chi connectivity index (χ4v) is 7.17. The molecule has 13 nitrogen and oxygen atoms in total. The number of halogens is 1. The van der Waals surface area contributed by atoms with E-state index >= 15 is 0 Å². The highest BCUT2D eigenvalue weighted by atomic mass is 35.5. The minimum atomic E-state index is -1.82. The molecule has 1 aromatic carbocycles. The molecule has 4 rings (SSSR count). The maximum absolute atomic E-state index is 14.1. The van der Waals surface area contributed by atoms with Crippen LogP contribution in [0.3, 0.4) is 0 Å². The summed E-state index contributed by atoms with van der Waals surface area (Å²) < 4.78 is 29.2. The number of aliphatic hydroxyl groups is 1. The number of hydrogen-bond donors (Lipinski definition) is 3. The Morgan fingerprint density at radius 3 is 2.58 bits per heavy atom. The minimum absolute atomic E-state index is 0.00636. The standard InChI is InChI=1S/C37H52ClN3O10S/c1-20-11-10-12-28(48-9)37(46)19-27(49-35(45)39-37)22(3)33-36(5,51-33)29(50-34(44)23(4)40(6)30(42)14-13-21(2)52)18-31(43)41(7)25-16-24(15-20)17-26(47-8)32(25)38/h10-12,16-17,21-23,27-29,33,46,52H,13-15,18-19H2,1-9H3,(H,39,45)/b12-10+,20-11+/t21?,22-,23+,27+,28-,29+,33+,36-,37+/m1/s1. The second kappa shape index (κ2) is 16.8. The fourth-order valence-electron chi connectivity index (χ4n) is 6.73. The van der Waals surface area contributed by atoms with E-state index in [-0.39, 0.29) is 35.4 Å². The van der Waals surface area contributed by atoms with Crippen molar-refractivity contribution in [2.24, 2.45) is 5.92 Å². The van der Waals surface area contributed by atoms with Crippen molar-refractivity contribution in [3.8, 4) is 5.75 Å². The molecule has 9 atom stereocenters. The molecule has 3 amide bonds. The topological polar surface area (TPSA) is 156 Å². The Balaban J connectivity index is 1.75. The maximum atomic E-state index is 14.1. The molecule has 2 fully saturated rings. The number of methoxy groups -OCH3 is 2. The largest absolute Gasteiger partial charge is 0.495 e. The van der Waals surface area contributed by atoms with Gasteiger partial charge in [0.05, 0.1) is 25.3 Å². The molecule has 3 aliphatic rings. The first kappa shape index (κ1) is 41.5. The lowest BCUT2D eigenvalue weighted by Gasteiger charge is -2.42. The number of ether oxygens (including phenoxy) is 5. The van der Waals surface area contributed by atoms with Crippen LogP contribution in [0.2, 0.25) is 5.02 Å². The van der Waals surface area contributed by atoms with E-state index < -0.39 is 65.7 Å². The number of carbonyl (C=O) groups is 4. The zero-order valence-corrected chi connectivity index (χ0v) is 33.0. The number of carbonyl (C=O) groups excluding carboxylic acids is 4. The second-order valence-corrected chi connectivity index (χ2v) is 15.6. The predicted octanol–water partition coefficient (Wildman–Crippen LogP) is 4.61. The number of hydrogen-bond acceptors (Lipinski definition) is 11.